The molecule has 1 N–H and O–H groups in total. The van der Waals surface area contributed by atoms with Crippen LogP contribution in [0.15, 0.2) is 60.7 Å². The minimum Gasteiger partial charge on any atom is -0.497 e. The Bertz CT molecular complexity index is 1150. The van der Waals surface area contributed by atoms with Crippen molar-refractivity contribution in [3.8, 4) is 17.1 Å². The predicted octanol–water partition coefficient (Wildman–Crippen LogP) is 4.04. The summed E-state index contributed by atoms with van der Waals surface area (Å²) in [6.07, 6.45) is 0. The van der Waals surface area contributed by atoms with Gasteiger partial charge in [-0.1, -0.05) is 0 Å². The van der Waals surface area contributed by atoms with Gasteiger partial charge in [0.2, 0.25) is 0 Å². The number of methoxy groups -OCH3 is 1. The largest absolute Gasteiger partial charge is 0.497 e. The Labute approximate surface area is 160 Å². The van der Waals surface area contributed by atoms with Crippen molar-refractivity contribution in [2.45, 2.75) is 0 Å². The first kappa shape index (κ1) is 17.7. The summed E-state index contributed by atoms with van der Waals surface area (Å²) in [5.41, 5.74) is 2.58. The molecule has 2 aromatic heterocycles. The van der Waals surface area contributed by atoms with E-state index in [-0.39, 0.29) is 11.7 Å². The molecule has 7 heteroatoms. The van der Waals surface area contributed by atoms with Gasteiger partial charge in [0.25, 0.3) is 5.91 Å². The third-order valence-electron chi connectivity index (χ3n) is 4.41. The Morgan fingerprint density at radius 1 is 1.00 bits per heavy atom. The van der Waals surface area contributed by atoms with Gasteiger partial charge in [-0.05, 0) is 60.7 Å². The van der Waals surface area contributed by atoms with E-state index in [1.165, 1.54) is 12.1 Å². The van der Waals surface area contributed by atoms with E-state index in [0.29, 0.717) is 34.1 Å². The summed E-state index contributed by atoms with van der Waals surface area (Å²) in [5.74, 6) is 1.20. The SMILES string of the molecule is COc1ccc(C(=O)Nc2ccc3nc(-c4ccc(F)cc4)n(C)c3n2)cc1. The number of aryl methyl sites for hydroxylation is 1. The van der Waals surface area contributed by atoms with E-state index in [0.717, 1.165) is 5.56 Å². The standard InChI is InChI=1S/C21H17FN4O2/c1-26-19(13-3-7-15(22)8-4-13)23-17-11-12-18(24-20(17)26)25-21(27)14-5-9-16(28-2)10-6-14/h3-12H,1-2H3,(H,24,25,27). The van der Waals surface area contributed by atoms with Gasteiger partial charge >= 0.3 is 0 Å². The van der Waals surface area contributed by atoms with E-state index in [9.17, 15) is 9.18 Å². The number of hydrogen-bond donors (Lipinski definition) is 1. The minimum absolute atomic E-state index is 0.268. The van der Waals surface area contributed by atoms with Crippen LogP contribution in [0, 0.1) is 5.82 Å². The lowest BCUT2D eigenvalue weighted by Gasteiger charge is -2.06. The number of benzene rings is 2. The van der Waals surface area contributed by atoms with E-state index in [4.69, 9.17) is 4.74 Å². The first-order valence-electron chi connectivity index (χ1n) is 8.60. The van der Waals surface area contributed by atoms with Crippen molar-refractivity contribution >= 4 is 22.9 Å². The van der Waals surface area contributed by atoms with Gasteiger partial charge < -0.3 is 14.6 Å². The number of carbonyl (C=O) groups excluding carboxylic acids is 1. The summed E-state index contributed by atoms with van der Waals surface area (Å²) in [7, 11) is 3.40. The number of ether oxygens (including phenoxy) is 1. The van der Waals surface area contributed by atoms with Crippen LogP contribution in [0.25, 0.3) is 22.6 Å². The van der Waals surface area contributed by atoms with Crippen LogP contribution < -0.4 is 10.1 Å². The molecular weight excluding hydrogens is 359 g/mol. The number of anilines is 1. The normalized spacial score (nSPS) is 10.8. The lowest BCUT2D eigenvalue weighted by molar-refractivity contribution is 0.102. The molecule has 0 aliphatic heterocycles. The Hall–Kier alpha value is -3.74. The number of fused-ring (bicyclic) bond motifs is 1. The number of hydrogen-bond acceptors (Lipinski definition) is 4. The molecule has 0 aliphatic carbocycles. The number of carbonyl (C=O) groups is 1. The van der Waals surface area contributed by atoms with Crippen molar-refractivity contribution in [3.63, 3.8) is 0 Å². The maximum absolute atomic E-state index is 13.2. The monoisotopic (exact) mass is 376 g/mol. The van der Waals surface area contributed by atoms with Gasteiger partial charge in [0, 0.05) is 18.2 Å². The first-order valence-corrected chi connectivity index (χ1v) is 8.60. The van der Waals surface area contributed by atoms with Crippen LogP contribution in [0.5, 0.6) is 5.75 Å². The molecule has 0 atom stereocenters. The predicted molar refractivity (Wildman–Crippen MR) is 105 cm³/mol. The highest BCUT2D eigenvalue weighted by Crippen LogP contribution is 2.24. The van der Waals surface area contributed by atoms with Gasteiger partial charge in [-0.3, -0.25) is 4.79 Å². The summed E-state index contributed by atoms with van der Waals surface area (Å²) < 4.78 is 20.1. The zero-order chi connectivity index (χ0) is 19.7. The Kier molecular flexibility index (Phi) is 4.49. The summed E-state index contributed by atoms with van der Waals surface area (Å²) in [6, 6.07) is 16.4. The Balaban J connectivity index is 1.63. The number of imidazole rings is 1. The number of pyridine rings is 1. The summed E-state index contributed by atoms with van der Waals surface area (Å²) in [5, 5.41) is 2.79. The molecule has 0 saturated heterocycles. The number of nitrogens with zero attached hydrogens (tertiary/aromatic N) is 3. The van der Waals surface area contributed by atoms with Crippen LogP contribution in [0.4, 0.5) is 10.2 Å². The van der Waals surface area contributed by atoms with E-state index >= 15 is 0 Å². The van der Waals surface area contributed by atoms with E-state index < -0.39 is 0 Å². The maximum atomic E-state index is 13.2. The van der Waals surface area contributed by atoms with E-state index in [1.54, 1.807) is 55.6 Å². The van der Waals surface area contributed by atoms with Crippen LogP contribution in [-0.2, 0) is 7.05 Å². The number of aromatic nitrogens is 3. The second kappa shape index (κ2) is 7.11. The molecule has 2 aromatic carbocycles. The summed E-state index contributed by atoms with van der Waals surface area (Å²) in [6.45, 7) is 0. The topological polar surface area (TPSA) is 69.0 Å². The third-order valence-corrected chi connectivity index (χ3v) is 4.41. The Morgan fingerprint density at radius 2 is 1.71 bits per heavy atom. The zero-order valence-electron chi connectivity index (χ0n) is 15.3. The van der Waals surface area contributed by atoms with Crippen LogP contribution in [0.2, 0.25) is 0 Å². The van der Waals surface area contributed by atoms with Crippen LogP contribution in [0.1, 0.15) is 10.4 Å². The van der Waals surface area contributed by atoms with Gasteiger partial charge in [-0.2, -0.15) is 0 Å². The van der Waals surface area contributed by atoms with Crippen molar-refractivity contribution in [1.82, 2.24) is 14.5 Å². The van der Waals surface area contributed by atoms with Gasteiger partial charge in [0.1, 0.15) is 28.7 Å². The highest BCUT2D eigenvalue weighted by molar-refractivity contribution is 6.04. The molecule has 28 heavy (non-hydrogen) atoms. The molecule has 0 spiro atoms. The molecule has 2 heterocycles. The van der Waals surface area contributed by atoms with Gasteiger partial charge in [0.15, 0.2) is 5.65 Å². The fourth-order valence-electron chi connectivity index (χ4n) is 2.92. The highest BCUT2D eigenvalue weighted by atomic mass is 19.1. The average molecular weight is 376 g/mol. The Morgan fingerprint density at radius 3 is 2.39 bits per heavy atom. The molecule has 140 valence electrons. The quantitative estimate of drug-likeness (QED) is 0.584. The molecule has 0 radical (unpaired) electrons. The molecule has 1 amide bonds. The zero-order valence-corrected chi connectivity index (χ0v) is 15.3. The number of amides is 1. The minimum atomic E-state index is -0.302. The average Bonchev–Trinajstić information content (AvgIpc) is 3.05. The lowest BCUT2D eigenvalue weighted by atomic mass is 10.2. The van der Waals surface area contributed by atoms with Crippen molar-refractivity contribution in [1.29, 1.82) is 0 Å². The maximum Gasteiger partial charge on any atom is 0.256 e. The fourth-order valence-corrected chi connectivity index (χ4v) is 2.92. The number of rotatable bonds is 4. The lowest BCUT2D eigenvalue weighted by Crippen LogP contribution is -2.13. The second-order valence-corrected chi connectivity index (χ2v) is 6.22. The molecule has 0 unspecified atom stereocenters. The highest BCUT2D eigenvalue weighted by Gasteiger charge is 2.13. The van der Waals surface area contributed by atoms with Crippen molar-refractivity contribution in [2.24, 2.45) is 7.05 Å². The molecule has 0 bridgehead atoms. The van der Waals surface area contributed by atoms with Gasteiger partial charge in [0.05, 0.1) is 7.11 Å². The molecule has 0 aliphatic rings. The third kappa shape index (κ3) is 3.29. The summed E-state index contributed by atoms with van der Waals surface area (Å²) >= 11 is 0. The van der Waals surface area contributed by atoms with Crippen molar-refractivity contribution in [2.75, 3.05) is 12.4 Å². The second-order valence-electron chi connectivity index (χ2n) is 6.22. The van der Waals surface area contributed by atoms with Crippen LogP contribution >= 0.6 is 0 Å². The van der Waals surface area contributed by atoms with Crippen molar-refractivity contribution in [3.05, 3.63) is 72.0 Å². The van der Waals surface area contributed by atoms with Gasteiger partial charge in [-0.15, -0.1) is 0 Å². The molecule has 4 aromatic rings. The fraction of sp³-hybridized carbons (Fsp3) is 0.0952. The molecule has 0 saturated carbocycles. The molecule has 6 nitrogen and oxygen atoms in total. The smallest absolute Gasteiger partial charge is 0.256 e. The van der Waals surface area contributed by atoms with Gasteiger partial charge in [-0.25, -0.2) is 14.4 Å². The van der Waals surface area contributed by atoms with Crippen LogP contribution in [0.3, 0.4) is 0 Å². The number of nitrogens with one attached hydrogen (secondary N) is 1. The van der Waals surface area contributed by atoms with E-state index in [2.05, 4.69) is 15.3 Å². The molecule has 4 rings (SSSR count). The molecule has 0 fully saturated rings. The van der Waals surface area contributed by atoms with E-state index in [1.807, 2.05) is 11.6 Å². The van der Waals surface area contributed by atoms with Crippen molar-refractivity contribution < 1.29 is 13.9 Å². The first-order chi connectivity index (χ1) is 13.5. The molecular formula is C21H17FN4O2. The number of halogens is 1. The summed E-state index contributed by atoms with van der Waals surface area (Å²) in [4.78, 5) is 21.5. The van der Waals surface area contributed by atoms with Crippen LogP contribution in [-0.4, -0.2) is 27.6 Å².